The van der Waals surface area contributed by atoms with Crippen LogP contribution in [0.5, 0.6) is 0 Å². The third-order valence-corrected chi connectivity index (χ3v) is 2.76. The van der Waals surface area contributed by atoms with Gasteiger partial charge in [0, 0.05) is 25.6 Å². The van der Waals surface area contributed by atoms with E-state index in [2.05, 4.69) is 25.4 Å². The van der Waals surface area contributed by atoms with Crippen LogP contribution in [0.1, 0.15) is 12.7 Å². The number of hydrogen-bond donors (Lipinski definition) is 4. The number of rotatable bonds is 7. The van der Waals surface area contributed by atoms with Crippen LogP contribution < -0.4 is 21.3 Å². The van der Waals surface area contributed by atoms with E-state index in [9.17, 15) is 8.42 Å². The summed E-state index contributed by atoms with van der Waals surface area (Å²) in [5.74, 6) is 7.07. The fourth-order valence-corrected chi connectivity index (χ4v) is 1.72. The van der Waals surface area contributed by atoms with E-state index < -0.39 is 10.0 Å². The van der Waals surface area contributed by atoms with E-state index in [-0.39, 0.29) is 6.54 Å². The molecule has 0 aliphatic heterocycles. The van der Waals surface area contributed by atoms with Crippen LogP contribution in [-0.2, 0) is 16.4 Å². The molecule has 0 bridgehead atoms. The number of aromatic nitrogens is 2. The van der Waals surface area contributed by atoms with Gasteiger partial charge in [0.05, 0.1) is 6.26 Å². The Morgan fingerprint density at radius 3 is 2.50 bits per heavy atom. The predicted octanol–water partition coefficient (Wildman–Crippen LogP) is -0.714. The lowest BCUT2D eigenvalue weighted by molar-refractivity contribution is 0.589. The lowest BCUT2D eigenvalue weighted by atomic mass is 10.4. The van der Waals surface area contributed by atoms with Crippen molar-refractivity contribution in [1.29, 1.82) is 0 Å². The molecule has 0 aromatic carbocycles. The van der Waals surface area contributed by atoms with Crippen LogP contribution in [0.3, 0.4) is 0 Å². The minimum atomic E-state index is -3.16. The Labute approximate surface area is 106 Å². The summed E-state index contributed by atoms with van der Waals surface area (Å²) in [5, 5.41) is 2.99. The highest BCUT2D eigenvalue weighted by Crippen LogP contribution is 2.10. The number of sulfonamides is 1. The third kappa shape index (κ3) is 5.25. The molecule has 9 heteroatoms. The summed E-state index contributed by atoms with van der Waals surface area (Å²) in [7, 11) is -3.16. The van der Waals surface area contributed by atoms with Crippen molar-refractivity contribution in [2.75, 3.05) is 30.1 Å². The van der Waals surface area contributed by atoms with E-state index in [4.69, 9.17) is 5.84 Å². The van der Waals surface area contributed by atoms with Crippen LogP contribution in [0, 0.1) is 0 Å². The maximum atomic E-state index is 10.9. The number of hydrogen-bond acceptors (Lipinski definition) is 7. The molecule has 1 aromatic heterocycles. The second-order valence-corrected chi connectivity index (χ2v) is 5.48. The molecular weight excluding hydrogens is 256 g/mol. The largest absolute Gasteiger partial charge is 0.369 e. The summed E-state index contributed by atoms with van der Waals surface area (Å²) in [6, 6.07) is 1.65. The zero-order chi connectivity index (χ0) is 13.6. The number of nitrogens with one attached hydrogen (secondary N) is 3. The molecule has 0 atom stereocenters. The van der Waals surface area contributed by atoms with Gasteiger partial charge >= 0.3 is 0 Å². The Balaban J connectivity index is 2.56. The zero-order valence-electron chi connectivity index (χ0n) is 10.4. The molecule has 5 N–H and O–H groups in total. The fraction of sp³-hybridized carbons (Fsp3) is 0.556. The topological polar surface area (TPSA) is 122 Å². The van der Waals surface area contributed by atoms with E-state index in [1.54, 1.807) is 6.07 Å². The number of nitrogens with zero attached hydrogens (tertiary/aromatic N) is 2. The molecule has 0 spiro atoms. The van der Waals surface area contributed by atoms with Gasteiger partial charge in [0.1, 0.15) is 17.5 Å². The number of aryl methyl sites for hydroxylation is 1. The molecule has 102 valence electrons. The summed E-state index contributed by atoms with van der Waals surface area (Å²) in [6.07, 6.45) is 1.80. The summed E-state index contributed by atoms with van der Waals surface area (Å²) >= 11 is 0. The molecule has 18 heavy (non-hydrogen) atoms. The summed E-state index contributed by atoms with van der Waals surface area (Å²) in [5.41, 5.74) is 2.45. The average molecular weight is 274 g/mol. The molecule has 1 rings (SSSR count). The molecule has 0 radical (unpaired) electrons. The van der Waals surface area contributed by atoms with Gasteiger partial charge in [-0.25, -0.2) is 29.0 Å². The average Bonchev–Trinajstić information content (AvgIpc) is 2.33. The Morgan fingerprint density at radius 1 is 1.28 bits per heavy atom. The van der Waals surface area contributed by atoms with Gasteiger partial charge in [0.2, 0.25) is 10.0 Å². The summed E-state index contributed by atoms with van der Waals surface area (Å²) < 4.78 is 24.1. The third-order valence-electron chi connectivity index (χ3n) is 2.03. The van der Waals surface area contributed by atoms with Crippen molar-refractivity contribution in [3.05, 3.63) is 11.9 Å². The van der Waals surface area contributed by atoms with Gasteiger partial charge in [-0.2, -0.15) is 0 Å². The quantitative estimate of drug-likeness (QED) is 0.294. The Hall–Kier alpha value is -1.45. The second-order valence-electron chi connectivity index (χ2n) is 3.65. The smallest absolute Gasteiger partial charge is 0.208 e. The van der Waals surface area contributed by atoms with Gasteiger partial charge in [-0.1, -0.05) is 6.92 Å². The van der Waals surface area contributed by atoms with Gasteiger partial charge in [-0.3, -0.25) is 0 Å². The summed E-state index contributed by atoms with van der Waals surface area (Å²) in [4.78, 5) is 8.38. The molecule has 0 aliphatic carbocycles. The van der Waals surface area contributed by atoms with Gasteiger partial charge in [-0.05, 0) is 0 Å². The van der Waals surface area contributed by atoms with Gasteiger partial charge < -0.3 is 10.7 Å². The molecule has 0 saturated heterocycles. The molecular formula is C9H18N6O2S. The van der Waals surface area contributed by atoms with Crippen LogP contribution in [-0.4, -0.2) is 37.7 Å². The van der Waals surface area contributed by atoms with Crippen LogP contribution >= 0.6 is 0 Å². The standard InChI is InChI=1S/C9H18N6O2S/c1-3-7-13-8(6-9(14-7)15-10)11-4-5-12-18(2,16)17/h6,12H,3-5,10H2,1-2H3,(H2,11,13,14,15). The lowest BCUT2D eigenvalue weighted by Crippen LogP contribution is -2.27. The minimum absolute atomic E-state index is 0.287. The minimum Gasteiger partial charge on any atom is -0.369 e. The predicted molar refractivity (Wildman–Crippen MR) is 70.6 cm³/mol. The first kappa shape index (κ1) is 14.6. The van der Waals surface area contributed by atoms with E-state index in [1.807, 2.05) is 6.92 Å². The molecule has 0 unspecified atom stereocenters. The van der Waals surface area contributed by atoms with E-state index in [1.165, 1.54) is 0 Å². The zero-order valence-corrected chi connectivity index (χ0v) is 11.2. The molecule has 0 aliphatic rings. The SMILES string of the molecule is CCc1nc(NN)cc(NCCNS(C)(=O)=O)n1. The van der Waals surface area contributed by atoms with Crippen LogP contribution in [0.2, 0.25) is 0 Å². The Morgan fingerprint density at radius 2 is 1.94 bits per heavy atom. The molecule has 1 heterocycles. The monoisotopic (exact) mass is 274 g/mol. The van der Waals surface area contributed by atoms with Crippen molar-refractivity contribution in [1.82, 2.24) is 14.7 Å². The highest BCUT2D eigenvalue weighted by atomic mass is 32.2. The van der Waals surface area contributed by atoms with Crippen molar-refractivity contribution in [3.8, 4) is 0 Å². The molecule has 8 nitrogen and oxygen atoms in total. The van der Waals surface area contributed by atoms with Crippen molar-refractivity contribution < 1.29 is 8.42 Å². The number of hydrazine groups is 1. The molecule has 0 amide bonds. The first-order chi connectivity index (χ1) is 8.44. The van der Waals surface area contributed by atoms with Crippen molar-refractivity contribution in [2.45, 2.75) is 13.3 Å². The van der Waals surface area contributed by atoms with Crippen LogP contribution in [0.15, 0.2) is 6.07 Å². The van der Waals surface area contributed by atoms with Crippen molar-refractivity contribution >= 4 is 21.7 Å². The Bertz CT molecular complexity index is 468. The number of nitrogen functional groups attached to an aromatic ring is 1. The van der Waals surface area contributed by atoms with Crippen molar-refractivity contribution in [2.24, 2.45) is 5.84 Å². The van der Waals surface area contributed by atoms with E-state index >= 15 is 0 Å². The van der Waals surface area contributed by atoms with E-state index in [0.717, 1.165) is 6.26 Å². The molecule has 0 saturated carbocycles. The van der Waals surface area contributed by atoms with E-state index in [0.29, 0.717) is 30.4 Å². The van der Waals surface area contributed by atoms with Crippen LogP contribution in [0.4, 0.5) is 11.6 Å². The van der Waals surface area contributed by atoms with Gasteiger partial charge in [-0.15, -0.1) is 0 Å². The van der Waals surface area contributed by atoms with Gasteiger partial charge in [0.15, 0.2) is 0 Å². The number of nitrogens with two attached hydrogens (primary N) is 1. The molecule has 1 aromatic rings. The van der Waals surface area contributed by atoms with Gasteiger partial charge in [0.25, 0.3) is 0 Å². The highest BCUT2D eigenvalue weighted by Gasteiger charge is 2.03. The fourth-order valence-electron chi connectivity index (χ4n) is 1.25. The maximum absolute atomic E-state index is 10.9. The Kier molecular flexibility index (Phi) is 5.25. The first-order valence-electron chi connectivity index (χ1n) is 5.47. The first-order valence-corrected chi connectivity index (χ1v) is 7.37. The van der Waals surface area contributed by atoms with Crippen molar-refractivity contribution in [3.63, 3.8) is 0 Å². The second kappa shape index (κ2) is 6.47. The highest BCUT2D eigenvalue weighted by molar-refractivity contribution is 7.88. The van der Waals surface area contributed by atoms with Crippen LogP contribution in [0.25, 0.3) is 0 Å². The maximum Gasteiger partial charge on any atom is 0.208 e. The normalized spacial score (nSPS) is 11.3. The lowest BCUT2D eigenvalue weighted by Gasteiger charge is -2.09. The summed E-state index contributed by atoms with van der Waals surface area (Å²) in [6.45, 7) is 2.65. The molecule has 0 fully saturated rings. The number of anilines is 2.